The molecule has 5 nitrogen and oxygen atoms in total. The Kier molecular flexibility index (Phi) is 4.68. The van der Waals surface area contributed by atoms with E-state index in [1.807, 2.05) is 24.3 Å². The van der Waals surface area contributed by atoms with E-state index in [1.165, 1.54) is 13.2 Å². The minimum atomic E-state index is -0.436. The first-order chi connectivity index (χ1) is 13.7. The highest BCUT2D eigenvalue weighted by atomic mass is 19.1. The molecule has 6 heteroatoms. The normalized spacial score (nSPS) is 11.6. The molecule has 0 unspecified atom stereocenters. The molecule has 2 aromatic carbocycles. The number of methoxy groups -OCH3 is 1. The van der Waals surface area contributed by atoms with E-state index in [0.717, 1.165) is 10.9 Å². The summed E-state index contributed by atoms with van der Waals surface area (Å²) < 4.78 is 21.6. The molecule has 0 atom stereocenters. The number of para-hydroxylation sites is 1. The molecule has 0 fully saturated rings. The first-order valence-corrected chi connectivity index (χ1v) is 8.61. The minimum absolute atomic E-state index is 0.351. The van der Waals surface area contributed by atoms with Crippen molar-refractivity contribution < 1.29 is 13.9 Å². The first-order valence-electron chi connectivity index (χ1n) is 8.61. The van der Waals surface area contributed by atoms with Crippen LogP contribution in [0.25, 0.3) is 28.8 Å². The van der Waals surface area contributed by atoms with Crippen LogP contribution in [0.4, 0.5) is 4.39 Å². The van der Waals surface area contributed by atoms with Crippen LogP contribution in [0.15, 0.2) is 73.1 Å². The molecule has 0 bridgehead atoms. The molecule has 2 aromatic heterocycles. The Bertz CT molecular complexity index is 1170. The molecule has 4 rings (SSSR count). The summed E-state index contributed by atoms with van der Waals surface area (Å²) in [5.41, 5.74) is 2.19. The van der Waals surface area contributed by atoms with E-state index in [4.69, 9.17) is 0 Å². The third kappa shape index (κ3) is 3.27. The monoisotopic (exact) mass is 373 g/mol. The molecule has 0 amide bonds. The number of carbonyl (C=O) groups is 1. The highest BCUT2D eigenvalue weighted by Gasteiger charge is 2.16. The molecule has 4 aromatic rings. The topological polar surface area (TPSA) is 57.0 Å². The summed E-state index contributed by atoms with van der Waals surface area (Å²) in [5, 5.41) is 0.884. The summed E-state index contributed by atoms with van der Waals surface area (Å²) in [4.78, 5) is 20.1. The lowest BCUT2D eigenvalue weighted by Crippen LogP contribution is -2.03. The zero-order valence-electron chi connectivity index (χ0n) is 15.0. The van der Waals surface area contributed by atoms with Crippen LogP contribution in [0.1, 0.15) is 21.6 Å². The highest BCUT2D eigenvalue weighted by Crippen LogP contribution is 2.29. The van der Waals surface area contributed by atoms with E-state index < -0.39 is 11.8 Å². The second-order valence-corrected chi connectivity index (χ2v) is 6.08. The number of nitrogens with zero attached hydrogens (tertiary/aromatic N) is 3. The van der Waals surface area contributed by atoms with Gasteiger partial charge in [-0.2, -0.15) is 0 Å². The van der Waals surface area contributed by atoms with Crippen molar-refractivity contribution in [2.24, 2.45) is 0 Å². The standard InChI is InChI=1S/C22H16FN3O2/c1-28-21(27)16-9-7-15(8-10-16)13-18(23)20-14-17-5-2-3-6-19(17)26(20)22-24-11-4-12-25-22/h2-14H,1H3/b18-13+. The van der Waals surface area contributed by atoms with Crippen LogP contribution in [0.5, 0.6) is 0 Å². The summed E-state index contributed by atoms with van der Waals surface area (Å²) in [6, 6.07) is 17.6. The van der Waals surface area contributed by atoms with Gasteiger partial charge in [-0.05, 0) is 42.0 Å². The average molecular weight is 373 g/mol. The van der Waals surface area contributed by atoms with Crippen LogP contribution in [0.2, 0.25) is 0 Å². The third-order valence-corrected chi connectivity index (χ3v) is 4.33. The van der Waals surface area contributed by atoms with Crippen LogP contribution < -0.4 is 0 Å². The van der Waals surface area contributed by atoms with Crippen LogP contribution in [-0.4, -0.2) is 27.6 Å². The Morgan fingerprint density at radius 2 is 1.75 bits per heavy atom. The molecule has 28 heavy (non-hydrogen) atoms. The maximum atomic E-state index is 15.2. The van der Waals surface area contributed by atoms with Gasteiger partial charge in [0.1, 0.15) is 5.83 Å². The number of aromatic nitrogens is 3. The van der Waals surface area contributed by atoms with Gasteiger partial charge in [0.15, 0.2) is 0 Å². The Balaban J connectivity index is 1.80. The fourth-order valence-electron chi connectivity index (χ4n) is 3.01. The van der Waals surface area contributed by atoms with E-state index in [2.05, 4.69) is 14.7 Å². The highest BCUT2D eigenvalue weighted by molar-refractivity contribution is 5.91. The summed E-state index contributed by atoms with van der Waals surface area (Å²) in [7, 11) is 1.32. The zero-order chi connectivity index (χ0) is 19.5. The summed E-state index contributed by atoms with van der Waals surface area (Å²) in [6.07, 6.45) is 4.65. The molecular weight excluding hydrogens is 357 g/mol. The van der Waals surface area contributed by atoms with Crippen molar-refractivity contribution in [3.63, 3.8) is 0 Å². The number of hydrogen-bond donors (Lipinski definition) is 0. The molecule has 0 aliphatic rings. The fraction of sp³-hybridized carbons (Fsp3) is 0.0455. The number of carbonyl (C=O) groups excluding carboxylic acids is 1. The Morgan fingerprint density at radius 3 is 2.46 bits per heavy atom. The number of rotatable bonds is 4. The van der Waals surface area contributed by atoms with Crippen molar-refractivity contribution in [2.75, 3.05) is 7.11 Å². The van der Waals surface area contributed by atoms with Crippen molar-refractivity contribution in [3.05, 3.63) is 89.9 Å². The van der Waals surface area contributed by atoms with Gasteiger partial charge in [-0.1, -0.05) is 30.3 Å². The summed E-state index contributed by atoms with van der Waals surface area (Å²) in [6.45, 7) is 0. The van der Waals surface area contributed by atoms with Crippen LogP contribution in [-0.2, 0) is 4.74 Å². The van der Waals surface area contributed by atoms with Crippen molar-refractivity contribution in [1.29, 1.82) is 0 Å². The predicted octanol–water partition coefficient (Wildman–Crippen LogP) is 4.67. The van der Waals surface area contributed by atoms with Crippen molar-refractivity contribution in [1.82, 2.24) is 14.5 Å². The van der Waals surface area contributed by atoms with Gasteiger partial charge >= 0.3 is 5.97 Å². The lowest BCUT2D eigenvalue weighted by Gasteiger charge is -2.07. The van der Waals surface area contributed by atoms with Gasteiger partial charge in [-0.3, -0.25) is 4.57 Å². The van der Waals surface area contributed by atoms with Gasteiger partial charge in [0.05, 0.1) is 23.9 Å². The Hall–Kier alpha value is -3.80. The number of esters is 1. The smallest absolute Gasteiger partial charge is 0.337 e. The zero-order valence-corrected chi connectivity index (χ0v) is 15.0. The van der Waals surface area contributed by atoms with E-state index in [9.17, 15) is 4.79 Å². The molecule has 0 aliphatic heterocycles. The maximum absolute atomic E-state index is 15.2. The minimum Gasteiger partial charge on any atom is -0.465 e. The average Bonchev–Trinajstić information content (AvgIpc) is 3.14. The van der Waals surface area contributed by atoms with Gasteiger partial charge in [0.25, 0.3) is 0 Å². The second kappa shape index (κ2) is 7.44. The Labute approximate surface area is 160 Å². The number of halogens is 1. The van der Waals surface area contributed by atoms with Gasteiger partial charge in [0, 0.05) is 17.8 Å². The maximum Gasteiger partial charge on any atom is 0.337 e. The summed E-state index contributed by atoms with van der Waals surface area (Å²) in [5.74, 6) is -0.477. The second-order valence-electron chi connectivity index (χ2n) is 6.08. The molecule has 2 heterocycles. The predicted molar refractivity (Wildman–Crippen MR) is 106 cm³/mol. The van der Waals surface area contributed by atoms with Gasteiger partial charge in [0.2, 0.25) is 5.95 Å². The molecule has 0 saturated carbocycles. The fourth-order valence-corrected chi connectivity index (χ4v) is 3.01. The van der Waals surface area contributed by atoms with E-state index in [0.29, 0.717) is 22.8 Å². The number of fused-ring (bicyclic) bond motifs is 1. The van der Waals surface area contributed by atoms with Crippen LogP contribution in [0, 0.1) is 0 Å². The summed E-state index contributed by atoms with van der Waals surface area (Å²) >= 11 is 0. The number of benzene rings is 2. The molecule has 138 valence electrons. The van der Waals surface area contributed by atoms with E-state index >= 15 is 4.39 Å². The van der Waals surface area contributed by atoms with Gasteiger partial charge < -0.3 is 4.74 Å². The molecule has 0 saturated heterocycles. The molecule has 0 aliphatic carbocycles. The van der Waals surface area contributed by atoms with Gasteiger partial charge in [-0.15, -0.1) is 0 Å². The van der Waals surface area contributed by atoms with Crippen LogP contribution >= 0.6 is 0 Å². The van der Waals surface area contributed by atoms with Crippen molar-refractivity contribution in [2.45, 2.75) is 0 Å². The Morgan fingerprint density at radius 1 is 1.04 bits per heavy atom. The molecule has 0 spiro atoms. The SMILES string of the molecule is COC(=O)c1ccc(/C=C(/F)c2cc3ccccc3n2-c2ncccn2)cc1. The van der Waals surface area contributed by atoms with Crippen LogP contribution in [0.3, 0.4) is 0 Å². The van der Waals surface area contributed by atoms with Gasteiger partial charge in [-0.25, -0.2) is 19.2 Å². The molecule has 0 radical (unpaired) electrons. The number of ether oxygens (including phenoxy) is 1. The lowest BCUT2D eigenvalue weighted by molar-refractivity contribution is 0.0600. The van der Waals surface area contributed by atoms with E-state index in [-0.39, 0.29) is 0 Å². The molecule has 0 N–H and O–H groups in total. The quantitative estimate of drug-likeness (QED) is 0.488. The molecular formula is C22H16FN3O2. The lowest BCUT2D eigenvalue weighted by atomic mass is 10.1. The third-order valence-electron chi connectivity index (χ3n) is 4.33. The van der Waals surface area contributed by atoms with E-state index in [1.54, 1.807) is 53.4 Å². The first kappa shape index (κ1) is 17.6. The van der Waals surface area contributed by atoms with Crippen molar-refractivity contribution >= 4 is 28.8 Å². The van der Waals surface area contributed by atoms with Crippen molar-refractivity contribution in [3.8, 4) is 5.95 Å². The largest absolute Gasteiger partial charge is 0.465 e. The number of hydrogen-bond acceptors (Lipinski definition) is 4.